The maximum atomic E-state index is 9.59. The van der Waals surface area contributed by atoms with Crippen molar-refractivity contribution in [2.45, 2.75) is 0 Å². The van der Waals surface area contributed by atoms with Crippen LogP contribution in [0.2, 0.25) is 0 Å². The molecule has 3 aromatic heterocycles. The fraction of sp³-hybridized carbons (Fsp3) is 0. The number of thiophene rings is 1. The fourth-order valence-electron chi connectivity index (χ4n) is 8.64. The molecule has 0 bridgehead atoms. The standard InChI is InChI=1S/C54H30N4OS/c55-31-32-10-8-13-34(26-32)36-20-23-40-41-24-21-37(29-46(41)51-50(45(40)28-36)44-17-4-6-18-47(44)59-51)35-14-9-15-38(27-35)53-56-52(33-11-2-1-3-12-33)57-54(58-53)39-22-25-43-42-16-5-7-19-48(42)60-49(43)30-39/h1-30H. The molecule has 0 spiro atoms. The lowest BCUT2D eigenvalue weighted by molar-refractivity contribution is 0.673. The summed E-state index contributed by atoms with van der Waals surface area (Å²) in [5.41, 5.74) is 9.27. The Morgan fingerprint density at radius 2 is 0.933 bits per heavy atom. The third-order valence-electron chi connectivity index (χ3n) is 11.5. The summed E-state index contributed by atoms with van der Waals surface area (Å²) < 4.78 is 9.19. The summed E-state index contributed by atoms with van der Waals surface area (Å²) >= 11 is 1.79. The van der Waals surface area contributed by atoms with Crippen molar-refractivity contribution >= 4 is 75.0 Å². The molecule has 0 unspecified atom stereocenters. The topological polar surface area (TPSA) is 75.6 Å². The first kappa shape index (κ1) is 34.1. The Morgan fingerprint density at radius 1 is 0.383 bits per heavy atom. The molecule has 12 rings (SSSR count). The Bertz CT molecular complexity index is 3750. The van der Waals surface area contributed by atoms with Crippen LogP contribution in [-0.4, -0.2) is 15.0 Å². The van der Waals surface area contributed by atoms with Crippen molar-refractivity contribution in [1.29, 1.82) is 5.26 Å². The molecule has 5 nitrogen and oxygen atoms in total. The molecule has 0 aliphatic heterocycles. The Balaban J connectivity index is 1.01. The van der Waals surface area contributed by atoms with Gasteiger partial charge < -0.3 is 4.42 Å². The number of hydrogen-bond donors (Lipinski definition) is 0. The highest BCUT2D eigenvalue weighted by atomic mass is 32.1. The molecule has 6 heteroatoms. The second-order valence-corrected chi connectivity index (χ2v) is 16.2. The van der Waals surface area contributed by atoms with Crippen molar-refractivity contribution in [2.75, 3.05) is 0 Å². The van der Waals surface area contributed by atoms with E-state index in [-0.39, 0.29) is 0 Å². The van der Waals surface area contributed by atoms with Crippen molar-refractivity contribution in [3.05, 3.63) is 188 Å². The predicted molar refractivity (Wildman–Crippen MR) is 247 cm³/mol. The van der Waals surface area contributed by atoms with Gasteiger partial charge in [-0.25, -0.2) is 15.0 Å². The molecule has 0 fully saturated rings. The molecule has 0 aliphatic rings. The van der Waals surface area contributed by atoms with Crippen LogP contribution in [0.25, 0.3) is 120 Å². The molecule has 0 N–H and O–H groups in total. The van der Waals surface area contributed by atoms with Crippen LogP contribution in [0.5, 0.6) is 0 Å². The summed E-state index contributed by atoms with van der Waals surface area (Å²) in [7, 11) is 0. The van der Waals surface area contributed by atoms with Crippen LogP contribution in [0, 0.1) is 11.3 Å². The van der Waals surface area contributed by atoms with Crippen molar-refractivity contribution in [1.82, 2.24) is 15.0 Å². The lowest BCUT2D eigenvalue weighted by Crippen LogP contribution is -2.00. The van der Waals surface area contributed by atoms with E-state index in [9.17, 15) is 5.26 Å². The van der Waals surface area contributed by atoms with E-state index >= 15 is 0 Å². The number of nitriles is 1. The highest BCUT2D eigenvalue weighted by Gasteiger charge is 2.19. The van der Waals surface area contributed by atoms with Gasteiger partial charge in [0.15, 0.2) is 17.5 Å². The lowest BCUT2D eigenvalue weighted by Gasteiger charge is -2.12. The SMILES string of the molecule is N#Cc1cccc(-c2ccc3c4ccc(-c5cccc(-c6nc(-c7ccccc7)nc(-c7ccc8c(c7)sc7ccccc78)n6)c5)cc4c4oc5ccccc5c4c3c2)c1. The highest BCUT2D eigenvalue weighted by Crippen LogP contribution is 2.44. The van der Waals surface area contributed by atoms with Gasteiger partial charge in [0, 0.05) is 53.0 Å². The van der Waals surface area contributed by atoms with Crippen LogP contribution >= 0.6 is 11.3 Å². The summed E-state index contributed by atoms with van der Waals surface area (Å²) in [6.07, 6.45) is 0. The molecular formula is C54H30N4OS. The number of aromatic nitrogens is 3. The minimum Gasteiger partial charge on any atom is -0.455 e. The first-order chi connectivity index (χ1) is 29.6. The van der Waals surface area contributed by atoms with Crippen LogP contribution in [0.3, 0.4) is 0 Å². The van der Waals surface area contributed by atoms with Gasteiger partial charge in [0.2, 0.25) is 0 Å². The normalized spacial score (nSPS) is 11.7. The monoisotopic (exact) mass is 782 g/mol. The van der Waals surface area contributed by atoms with Gasteiger partial charge in [-0.2, -0.15) is 5.26 Å². The Labute approximate surface area is 348 Å². The number of furan rings is 1. The molecule has 0 amide bonds. The molecule has 9 aromatic carbocycles. The van der Waals surface area contributed by atoms with E-state index in [0.29, 0.717) is 23.0 Å². The molecule has 278 valence electrons. The fourth-order valence-corrected chi connectivity index (χ4v) is 9.78. The van der Waals surface area contributed by atoms with E-state index in [1.54, 1.807) is 11.3 Å². The van der Waals surface area contributed by atoms with Gasteiger partial charge in [0.1, 0.15) is 11.2 Å². The second kappa shape index (κ2) is 13.6. The lowest BCUT2D eigenvalue weighted by atomic mass is 9.91. The van der Waals surface area contributed by atoms with E-state index in [0.717, 1.165) is 82.4 Å². The van der Waals surface area contributed by atoms with Crippen LogP contribution in [0.4, 0.5) is 0 Å². The average molecular weight is 783 g/mol. The maximum Gasteiger partial charge on any atom is 0.164 e. The number of hydrogen-bond acceptors (Lipinski definition) is 6. The zero-order chi connectivity index (χ0) is 39.7. The van der Waals surface area contributed by atoms with Gasteiger partial charge in [0.25, 0.3) is 0 Å². The molecule has 12 aromatic rings. The zero-order valence-corrected chi connectivity index (χ0v) is 32.7. The van der Waals surface area contributed by atoms with Crippen molar-refractivity contribution < 1.29 is 4.42 Å². The highest BCUT2D eigenvalue weighted by molar-refractivity contribution is 7.25. The molecule has 3 heterocycles. The van der Waals surface area contributed by atoms with E-state index < -0.39 is 0 Å². The molecule has 0 saturated heterocycles. The summed E-state index contributed by atoms with van der Waals surface area (Å²) in [5, 5.41) is 18.7. The van der Waals surface area contributed by atoms with Gasteiger partial charge in [-0.1, -0.05) is 133 Å². The van der Waals surface area contributed by atoms with Crippen molar-refractivity contribution in [2.24, 2.45) is 0 Å². The average Bonchev–Trinajstić information content (AvgIpc) is 3.90. The molecule has 0 saturated carbocycles. The van der Waals surface area contributed by atoms with E-state index in [1.165, 1.54) is 20.2 Å². The largest absolute Gasteiger partial charge is 0.455 e. The van der Waals surface area contributed by atoms with E-state index in [1.807, 2.05) is 60.7 Å². The Kier molecular flexibility index (Phi) is 7.71. The molecule has 0 aliphatic carbocycles. The molecule has 0 atom stereocenters. The minimum absolute atomic E-state index is 0.611. The van der Waals surface area contributed by atoms with E-state index in [2.05, 4.69) is 127 Å². The number of rotatable bonds is 5. The van der Waals surface area contributed by atoms with Gasteiger partial charge in [0.05, 0.1) is 11.6 Å². The van der Waals surface area contributed by atoms with Gasteiger partial charge >= 0.3 is 0 Å². The first-order valence-electron chi connectivity index (χ1n) is 19.8. The van der Waals surface area contributed by atoms with Crippen molar-refractivity contribution in [3.63, 3.8) is 0 Å². The Morgan fingerprint density at radius 3 is 1.73 bits per heavy atom. The smallest absolute Gasteiger partial charge is 0.164 e. The van der Waals surface area contributed by atoms with Crippen LogP contribution < -0.4 is 0 Å². The second-order valence-electron chi connectivity index (χ2n) is 15.1. The van der Waals surface area contributed by atoms with Gasteiger partial charge in [-0.05, 0) is 86.9 Å². The number of nitrogens with zero attached hydrogens (tertiary/aromatic N) is 4. The summed E-state index contributed by atoms with van der Waals surface area (Å²) in [4.78, 5) is 15.2. The summed E-state index contributed by atoms with van der Waals surface area (Å²) in [5.74, 6) is 1.87. The minimum atomic E-state index is 0.611. The molecule has 0 radical (unpaired) electrons. The maximum absolute atomic E-state index is 9.59. The van der Waals surface area contributed by atoms with Crippen LogP contribution in [0.15, 0.2) is 186 Å². The number of fused-ring (bicyclic) bond motifs is 11. The van der Waals surface area contributed by atoms with E-state index in [4.69, 9.17) is 19.4 Å². The zero-order valence-electron chi connectivity index (χ0n) is 31.9. The molecular weight excluding hydrogens is 753 g/mol. The first-order valence-corrected chi connectivity index (χ1v) is 20.6. The van der Waals surface area contributed by atoms with Crippen molar-refractivity contribution in [3.8, 4) is 62.5 Å². The summed E-state index contributed by atoms with van der Waals surface area (Å²) in [6, 6.07) is 65.2. The van der Waals surface area contributed by atoms with Gasteiger partial charge in [-0.3, -0.25) is 0 Å². The quantitative estimate of drug-likeness (QED) is 0.163. The third-order valence-corrected chi connectivity index (χ3v) is 12.7. The number of para-hydroxylation sites is 1. The van der Waals surface area contributed by atoms with Crippen LogP contribution in [-0.2, 0) is 0 Å². The van der Waals surface area contributed by atoms with Crippen LogP contribution in [0.1, 0.15) is 5.56 Å². The molecule has 60 heavy (non-hydrogen) atoms. The summed E-state index contributed by atoms with van der Waals surface area (Å²) in [6.45, 7) is 0. The Hall–Kier alpha value is -7.98. The third kappa shape index (κ3) is 5.56. The number of benzene rings is 9. The van der Waals surface area contributed by atoms with Gasteiger partial charge in [-0.15, -0.1) is 11.3 Å². The predicted octanol–water partition coefficient (Wildman–Crippen LogP) is 14.7.